The Kier molecular flexibility index (Phi) is 6.80. The van der Waals surface area contributed by atoms with Crippen molar-refractivity contribution >= 4 is 23.4 Å². The van der Waals surface area contributed by atoms with Crippen molar-refractivity contribution in [3.8, 4) is 11.5 Å². The van der Waals surface area contributed by atoms with Crippen LogP contribution in [0.5, 0.6) is 11.5 Å². The number of nitrogens with one attached hydrogen (secondary N) is 2. The number of carbonyl (C=O) groups excluding carboxylic acids is 2. The molecule has 0 radical (unpaired) electrons. The van der Waals surface area contributed by atoms with E-state index in [4.69, 9.17) is 21.1 Å². The van der Waals surface area contributed by atoms with Gasteiger partial charge in [0.2, 0.25) is 0 Å². The largest absolute Gasteiger partial charge is 0.481 e. The highest BCUT2D eigenvalue weighted by atomic mass is 35.5. The number of amides is 2. The van der Waals surface area contributed by atoms with Crippen molar-refractivity contribution in [2.45, 2.75) is 26.1 Å². The van der Waals surface area contributed by atoms with Crippen LogP contribution in [0.25, 0.3) is 0 Å². The van der Waals surface area contributed by atoms with E-state index in [9.17, 15) is 14.0 Å². The molecule has 2 N–H and O–H groups in total. The average Bonchev–Trinajstić information content (AvgIpc) is 2.63. The van der Waals surface area contributed by atoms with Gasteiger partial charge in [0.15, 0.2) is 12.2 Å². The van der Waals surface area contributed by atoms with Crippen LogP contribution in [0.1, 0.15) is 13.8 Å². The van der Waals surface area contributed by atoms with E-state index < -0.39 is 29.8 Å². The van der Waals surface area contributed by atoms with Gasteiger partial charge in [-0.15, -0.1) is 0 Å². The Bertz CT molecular complexity index is 770. The van der Waals surface area contributed by atoms with Gasteiger partial charge in [-0.05, 0) is 50.2 Å². The van der Waals surface area contributed by atoms with Crippen LogP contribution in [0.3, 0.4) is 0 Å². The van der Waals surface area contributed by atoms with E-state index >= 15 is 0 Å². The molecule has 0 saturated carbocycles. The fourth-order valence-corrected chi connectivity index (χ4v) is 2.06. The molecule has 2 amide bonds. The highest BCUT2D eigenvalue weighted by Crippen LogP contribution is 2.24. The molecular weight excluding hydrogens is 363 g/mol. The Labute approximate surface area is 155 Å². The Hall–Kier alpha value is -2.80. The van der Waals surface area contributed by atoms with E-state index in [0.29, 0.717) is 16.5 Å². The van der Waals surface area contributed by atoms with Gasteiger partial charge in [-0.2, -0.15) is 0 Å². The molecule has 2 aromatic carbocycles. The Morgan fingerprint density at radius 3 is 2.04 bits per heavy atom. The first-order chi connectivity index (χ1) is 12.4. The van der Waals surface area contributed by atoms with Crippen LogP contribution in [0.2, 0.25) is 5.02 Å². The number of para-hydroxylation sites is 1. The van der Waals surface area contributed by atoms with Gasteiger partial charge in [-0.25, -0.2) is 4.39 Å². The van der Waals surface area contributed by atoms with Crippen LogP contribution in [0, 0.1) is 5.82 Å². The molecule has 138 valence electrons. The summed E-state index contributed by atoms with van der Waals surface area (Å²) >= 11 is 5.96. The zero-order valence-electron chi connectivity index (χ0n) is 14.2. The van der Waals surface area contributed by atoms with E-state index in [-0.39, 0.29) is 0 Å². The number of ether oxygens (including phenoxy) is 2. The highest BCUT2D eigenvalue weighted by Gasteiger charge is 2.19. The monoisotopic (exact) mass is 380 g/mol. The minimum atomic E-state index is -0.902. The molecule has 6 nitrogen and oxygen atoms in total. The molecule has 2 atom stereocenters. The third-order valence-electron chi connectivity index (χ3n) is 3.31. The summed E-state index contributed by atoms with van der Waals surface area (Å²) in [6, 6.07) is 12.0. The topological polar surface area (TPSA) is 76.7 Å². The molecule has 0 fully saturated rings. The first kappa shape index (κ1) is 19.5. The molecule has 2 aromatic rings. The van der Waals surface area contributed by atoms with Crippen LogP contribution in [-0.2, 0) is 9.59 Å². The van der Waals surface area contributed by atoms with Gasteiger partial charge in [0, 0.05) is 0 Å². The molecule has 0 aliphatic rings. The molecule has 0 saturated heterocycles. The first-order valence-corrected chi connectivity index (χ1v) is 8.17. The molecular formula is C18H18ClFN2O4. The number of halogens is 2. The smallest absolute Gasteiger partial charge is 0.279 e. The Morgan fingerprint density at radius 1 is 0.923 bits per heavy atom. The normalized spacial score (nSPS) is 12.6. The van der Waals surface area contributed by atoms with Gasteiger partial charge in [0.1, 0.15) is 17.3 Å². The third-order valence-corrected chi connectivity index (χ3v) is 3.63. The van der Waals surface area contributed by atoms with Crippen molar-refractivity contribution in [2.75, 3.05) is 0 Å². The second-order valence-corrected chi connectivity index (χ2v) is 5.79. The predicted octanol–water partition coefficient (Wildman–Crippen LogP) is 2.86. The molecule has 2 rings (SSSR count). The molecule has 0 heterocycles. The van der Waals surface area contributed by atoms with Crippen LogP contribution in [0.15, 0.2) is 48.5 Å². The maximum Gasteiger partial charge on any atom is 0.279 e. The summed E-state index contributed by atoms with van der Waals surface area (Å²) < 4.78 is 23.6. The summed E-state index contributed by atoms with van der Waals surface area (Å²) in [5, 5.41) is 0.373. The summed E-state index contributed by atoms with van der Waals surface area (Å²) in [7, 11) is 0. The van der Waals surface area contributed by atoms with Crippen LogP contribution < -0.4 is 20.3 Å². The number of benzene rings is 2. The summed E-state index contributed by atoms with van der Waals surface area (Å²) in [6.07, 6.45) is -1.79. The zero-order chi connectivity index (χ0) is 19.1. The lowest BCUT2D eigenvalue weighted by molar-refractivity contribution is -0.135. The zero-order valence-corrected chi connectivity index (χ0v) is 14.9. The fraction of sp³-hybridized carbons (Fsp3) is 0.222. The maximum atomic E-state index is 12.8. The standard InChI is InChI=1S/C18H18ClFN2O4/c1-11(25-14-9-7-13(20)8-10-14)17(23)21-22-18(24)12(2)26-16-6-4-3-5-15(16)19/h3-12H,1-2H3,(H,21,23)(H,22,24)/t11-,12-/m0/s1. The van der Waals surface area contributed by atoms with Gasteiger partial charge in [0.05, 0.1) is 5.02 Å². The Morgan fingerprint density at radius 2 is 1.46 bits per heavy atom. The van der Waals surface area contributed by atoms with Gasteiger partial charge >= 0.3 is 0 Å². The lowest BCUT2D eigenvalue weighted by Crippen LogP contribution is -2.50. The maximum absolute atomic E-state index is 12.8. The number of hydrogen-bond acceptors (Lipinski definition) is 4. The molecule has 0 aromatic heterocycles. The van der Waals surface area contributed by atoms with E-state index in [1.807, 2.05) is 0 Å². The molecule has 0 spiro atoms. The van der Waals surface area contributed by atoms with Crippen molar-refractivity contribution in [3.05, 3.63) is 59.4 Å². The van der Waals surface area contributed by atoms with E-state index in [1.54, 1.807) is 24.3 Å². The van der Waals surface area contributed by atoms with Crippen molar-refractivity contribution in [1.82, 2.24) is 10.9 Å². The number of rotatable bonds is 6. The van der Waals surface area contributed by atoms with Crippen molar-refractivity contribution in [3.63, 3.8) is 0 Å². The highest BCUT2D eigenvalue weighted by molar-refractivity contribution is 6.32. The lowest BCUT2D eigenvalue weighted by atomic mass is 10.3. The van der Waals surface area contributed by atoms with Crippen LogP contribution in [-0.4, -0.2) is 24.0 Å². The van der Waals surface area contributed by atoms with Gasteiger partial charge in [0.25, 0.3) is 11.8 Å². The minimum Gasteiger partial charge on any atom is -0.481 e. The van der Waals surface area contributed by atoms with E-state index in [2.05, 4.69) is 10.9 Å². The Balaban J connectivity index is 1.81. The lowest BCUT2D eigenvalue weighted by Gasteiger charge is -2.18. The molecule has 0 aliphatic heterocycles. The average molecular weight is 381 g/mol. The molecule has 0 bridgehead atoms. The third kappa shape index (κ3) is 5.63. The minimum absolute atomic E-state index is 0.329. The van der Waals surface area contributed by atoms with Crippen LogP contribution >= 0.6 is 11.6 Å². The second-order valence-electron chi connectivity index (χ2n) is 5.38. The summed E-state index contributed by atoms with van der Waals surface area (Å²) in [5.41, 5.74) is 4.50. The van der Waals surface area contributed by atoms with Crippen LogP contribution in [0.4, 0.5) is 4.39 Å². The molecule has 0 unspecified atom stereocenters. The van der Waals surface area contributed by atoms with Crippen molar-refractivity contribution in [1.29, 1.82) is 0 Å². The molecule has 8 heteroatoms. The van der Waals surface area contributed by atoms with E-state index in [1.165, 1.54) is 38.1 Å². The summed E-state index contributed by atoms with van der Waals surface area (Å²) in [5.74, 6) is -0.860. The van der Waals surface area contributed by atoms with Crippen molar-refractivity contribution < 1.29 is 23.5 Å². The second kappa shape index (κ2) is 9.05. The van der Waals surface area contributed by atoms with Gasteiger partial charge in [-0.3, -0.25) is 20.4 Å². The quantitative estimate of drug-likeness (QED) is 0.755. The van der Waals surface area contributed by atoms with Crippen molar-refractivity contribution in [2.24, 2.45) is 0 Å². The first-order valence-electron chi connectivity index (χ1n) is 7.80. The fourth-order valence-electron chi connectivity index (χ4n) is 1.88. The number of hydrogen-bond donors (Lipinski definition) is 2. The number of hydrazine groups is 1. The summed E-state index contributed by atoms with van der Waals surface area (Å²) in [6.45, 7) is 3.01. The SMILES string of the molecule is C[C@H](Oc1ccc(F)cc1)C(=O)NNC(=O)[C@H](C)Oc1ccccc1Cl. The number of carbonyl (C=O) groups is 2. The predicted molar refractivity (Wildman–Crippen MR) is 94.3 cm³/mol. The summed E-state index contributed by atoms with van der Waals surface area (Å²) in [4.78, 5) is 24.0. The van der Waals surface area contributed by atoms with Gasteiger partial charge < -0.3 is 9.47 Å². The van der Waals surface area contributed by atoms with E-state index in [0.717, 1.165) is 0 Å². The molecule has 0 aliphatic carbocycles. The van der Waals surface area contributed by atoms with Gasteiger partial charge in [-0.1, -0.05) is 23.7 Å². The molecule has 26 heavy (non-hydrogen) atoms.